The fourth-order valence-corrected chi connectivity index (χ4v) is 1.41. The molecule has 1 amide bonds. The predicted octanol–water partition coefficient (Wildman–Crippen LogP) is 1.71. The number of rotatable bonds is 4. The Hall–Kier alpha value is -1.85. The first-order valence-electron chi connectivity index (χ1n) is 5.72. The van der Waals surface area contributed by atoms with E-state index in [1.54, 1.807) is 27.0 Å². The number of nitrogens with zero attached hydrogens (tertiary/aromatic N) is 1. The van der Waals surface area contributed by atoms with E-state index in [-0.39, 0.29) is 6.42 Å². The van der Waals surface area contributed by atoms with E-state index in [1.165, 1.54) is 0 Å². The number of carbonyl (C=O) groups excluding carboxylic acids is 1. The van der Waals surface area contributed by atoms with Gasteiger partial charge in [0.25, 0.3) is 0 Å². The summed E-state index contributed by atoms with van der Waals surface area (Å²) in [6.45, 7) is 5.14. The Morgan fingerprint density at radius 1 is 1.56 bits per heavy atom. The molecule has 0 aromatic carbocycles. The Balaban J connectivity index is 2.55. The standard InChI is InChI=1S/C12H18N2O4/c1-12(2,3)18-11(17)14-9(10(15)16)7-8-5-4-6-13-8/h5-6,9H,4,7H2,1-3H3,(H,14,17)(H,15,16)/t9-/m1/s1. The summed E-state index contributed by atoms with van der Waals surface area (Å²) in [7, 11) is 0. The van der Waals surface area contributed by atoms with Crippen LogP contribution in [0.25, 0.3) is 0 Å². The molecule has 1 heterocycles. The smallest absolute Gasteiger partial charge is 0.408 e. The van der Waals surface area contributed by atoms with E-state index in [4.69, 9.17) is 9.84 Å². The summed E-state index contributed by atoms with van der Waals surface area (Å²) in [5.74, 6) is -1.11. The van der Waals surface area contributed by atoms with E-state index >= 15 is 0 Å². The van der Waals surface area contributed by atoms with Gasteiger partial charge in [-0.05, 0) is 20.8 Å². The van der Waals surface area contributed by atoms with Crippen LogP contribution in [0.3, 0.4) is 0 Å². The van der Waals surface area contributed by atoms with Crippen LogP contribution in [0.5, 0.6) is 0 Å². The average Bonchev–Trinajstić information content (AvgIpc) is 2.66. The molecule has 0 aromatic heterocycles. The number of ether oxygens (including phenoxy) is 1. The van der Waals surface area contributed by atoms with Crippen molar-refractivity contribution in [2.45, 2.75) is 45.3 Å². The van der Waals surface area contributed by atoms with Crippen LogP contribution in [-0.2, 0) is 9.53 Å². The fourth-order valence-electron chi connectivity index (χ4n) is 1.41. The summed E-state index contributed by atoms with van der Waals surface area (Å²) in [6.07, 6.45) is 3.64. The zero-order valence-corrected chi connectivity index (χ0v) is 10.8. The Kier molecular flexibility index (Phi) is 4.47. The third-order valence-corrected chi connectivity index (χ3v) is 2.12. The van der Waals surface area contributed by atoms with Crippen molar-refractivity contribution >= 4 is 18.3 Å². The minimum absolute atomic E-state index is 0.158. The number of aliphatic imine (C=N–C) groups is 1. The molecule has 0 bridgehead atoms. The van der Waals surface area contributed by atoms with Gasteiger partial charge in [0.05, 0.1) is 0 Å². The van der Waals surface area contributed by atoms with Gasteiger partial charge in [-0.15, -0.1) is 0 Å². The predicted molar refractivity (Wildman–Crippen MR) is 66.6 cm³/mol. The molecular formula is C12H18N2O4. The fraction of sp³-hybridized carbons (Fsp3) is 0.583. The summed E-state index contributed by atoms with van der Waals surface area (Å²) in [6, 6.07) is -1.03. The summed E-state index contributed by atoms with van der Waals surface area (Å²) in [5, 5.41) is 11.4. The van der Waals surface area contributed by atoms with Crippen LogP contribution in [0.4, 0.5) is 4.79 Å². The molecule has 0 saturated carbocycles. The van der Waals surface area contributed by atoms with Gasteiger partial charge in [-0.1, -0.05) is 6.08 Å². The van der Waals surface area contributed by atoms with E-state index in [0.717, 1.165) is 0 Å². The number of amides is 1. The zero-order chi connectivity index (χ0) is 13.8. The molecule has 1 rings (SSSR count). The Bertz CT molecular complexity index is 393. The molecule has 2 N–H and O–H groups in total. The number of hydrogen-bond acceptors (Lipinski definition) is 4. The molecule has 0 unspecified atom stereocenters. The molecule has 0 aliphatic carbocycles. The van der Waals surface area contributed by atoms with Crippen molar-refractivity contribution in [1.29, 1.82) is 0 Å². The third-order valence-electron chi connectivity index (χ3n) is 2.12. The first-order valence-corrected chi connectivity index (χ1v) is 5.72. The number of alkyl carbamates (subject to hydrolysis) is 1. The Morgan fingerprint density at radius 2 is 2.22 bits per heavy atom. The number of hydrogen-bond donors (Lipinski definition) is 2. The number of carboxylic acids is 1. The van der Waals surface area contributed by atoms with E-state index in [9.17, 15) is 9.59 Å². The second-order valence-corrected chi connectivity index (χ2v) is 4.98. The van der Waals surface area contributed by atoms with E-state index < -0.39 is 23.7 Å². The number of carbonyl (C=O) groups is 2. The number of carboxylic acid groups (broad SMARTS) is 1. The number of aliphatic carboxylic acids is 1. The number of nitrogens with one attached hydrogen (secondary N) is 1. The molecule has 0 spiro atoms. The third kappa shape index (κ3) is 4.99. The molecule has 1 aliphatic heterocycles. The van der Waals surface area contributed by atoms with E-state index in [0.29, 0.717) is 12.1 Å². The average molecular weight is 254 g/mol. The van der Waals surface area contributed by atoms with Crippen molar-refractivity contribution in [3.63, 3.8) is 0 Å². The Labute approximate surface area is 106 Å². The quantitative estimate of drug-likeness (QED) is 0.799. The monoisotopic (exact) mass is 254 g/mol. The molecule has 1 atom stereocenters. The Morgan fingerprint density at radius 3 is 2.67 bits per heavy atom. The molecule has 6 nitrogen and oxygen atoms in total. The van der Waals surface area contributed by atoms with Gasteiger partial charge in [-0.3, -0.25) is 4.99 Å². The van der Waals surface area contributed by atoms with Crippen LogP contribution in [0.15, 0.2) is 16.8 Å². The highest BCUT2D eigenvalue weighted by Gasteiger charge is 2.25. The lowest BCUT2D eigenvalue weighted by atomic mass is 10.1. The van der Waals surface area contributed by atoms with Gasteiger partial charge in [-0.25, -0.2) is 9.59 Å². The van der Waals surface area contributed by atoms with Crippen molar-refractivity contribution in [2.24, 2.45) is 4.99 Å². The first kappa shape index (κ1) is 14.2. The van der Waals surface area contributed by atoms with Crippen molar-refractivity contribution in [3.05, 3.63) is 11.8 Å². The molecule has 18 heavy (non-hydrogen) atoms. The van der Waals surface area contributed by atoms with Crippen LogP contribution in [0.2, 0.25) is 0 Å². The van der Waals surface area contributed by atoms with Crippen LogP contribution >= 0.6 is 0 Å². The summed E-state index contributed by atoms with van der Waals surface area (Å²) in [5.41, 5.74) is 0.0104. The van der Waals surface area contributed by atoms with Crippen molar-refractivity contribution in [3.8, 4) is 0 Å². The van der Waals surface area contributed by atoms with Gasteiger partial charge in [-0.2, -0.15) is 0 Å². The van der Waals surface area contributed by atoms with Crippen LogP contribution in [0, 0.1) is 0 Å². The highest BCUT2D eigenvalue weighted by molar-refractivity contribution is 5.80. The summed E-state index contributed by atoms with van der Waals surface area (Å²) in [4.78, 5) is 26.6. The summed E-state index contributed by atoms with van der Waals surface area (Å²) < 4.78 is 5.01. The van der Waals surface area contributed by atoms with Gasteiger partial charge < -0.3 is 15.2 Å². The first-order chi connectivity index (χ1) is 8.28. The van der Waals surface area contributed by atoms with Crippen LogP contribution < -0.4 is 5.32 Å². The molecular weight excluding hydrogens is 236 g/mol. The second kappa shape index (κ2) is 5.66. The van der Waals surface area contributed by atoms with E-state index in [1.807, 2.05) is 6.08 Å². The maximum atomic E-state index is 11.5. The minimum atomic E-state index is -1.11. The lowest BCUT2D eigenvalue weighted by Gasteiger charge is -2.21. The topological polar surface area (TPSA) is 88.0 Å². The minimum Gasteiger partial charge on any atom is -0.480 e. The molecule has 0 saturated heterocycles. The highest BCUT2D eigenvalue weighted by atomic mass is 16.6. The van der Waals surface area contributed by atoms with Crippen molar-refractivity contribution in [1.82, 2.24) is 5.32 Å². The van der Waals surface area contributed by atoms with Crippen LogP contribution in [0.1, 0.15) is 33.6 Å². The largest absolute Gasteiger partial charge is 0.480 e. The molecule has 0 fully saturated rings. The van der Waals surface area contributed by atoms with Crippen molar-refractivity contribution < 1.29 is 19.4 Å². The molecule has 6 heteroatoms. The maximum absolute atomic E-state index is 11.5. The number of allylic oxidation sites excluding steroid dienone is 1. The lowest BCUT2D eigenvalue weighted by Crippen LogP contribution is -2.43. The zero-order valence-electron chi connectivity index (χ0n) is 10.8. The van der Waals surface area contributed by atoms with Gasteiger partial charge in [0.1, 0.15) is 11.6 Å². The molecule has 100 valence electrons. The molecule has 1 aliphatic rings. The maximum Gasteiger partial charge on any atom is 0.408 e. The summed E-state index contributed by atoms with van der Waals surface area (Å²) >= 11 is 0. The highest BCUT2D eigenvalue weighted by Crippen LogP contribution is 2.13. The van der Waals surface area contributed by atoms with Crippen molar-refractivity contribution in [2.75, 3.05) is 0 Å². The van der Waals surface area contributed by atoms with Gasteiger partial charge in [0, 0.05) is 24.8 Å². The molecule has 0 radical (unpaired) electrons. The lowest BCUT2D eigenvalue weighted by molar-refractivity contribution is -0.139. The second-order valence-electron chi connectivity index (χ2n) is 4.98. The van der Waals surface area contributed by atoms with E-state index in [2.05, 4.69) is 10.3 Å². The van der Waals surface area contributed by atoms with Crippen LogP contribution in [-0.4, -0.2) is 35.0 Å². The van der Waals surface area contributed by atoms with Gasteiger partial charge in [0.2, 0.25) is 0 Å². The normalized spacial score (nSPS) is 16.1. The molecule has 0 aromatic rings. The SMILES string of the molecule is CC(C)(C)OC(=O)N[C@H](CC1=CCC=N1)C(=O)O. The van der Waals surface area contributed by atoms with Gasteiger partial charge in [0.15, 0.2) is 0 Å². The van der Waals surface area contributed by atoms with Gasteiger partial charge >= 0.3 is 12.1 Å².